The van der Waals surface area contributed by atoms with Gasteiger partial charge in [0.25, 0.3) is 0 Å². The predicted molar refractivity (Wildman–Crippen MR) is 63.4 cm³/mol. The van der Waals surface area contributed by atoms with Crippen LogP contribution in [-0.4, -0.2) is 12.7 Å². The topological polar surface area (TPSA) is 26.0 Å². The maximum absolute atomic E-state index is 14.3. The summed E-state index contributed by atoms with van der Waals surface area (Å²) >= 11 is 0. The molecular weight excluding hydrogens is 189 g/mol. The predicted octanol–water partition coefficient (Wildman–Crippen LogP) is 3.38. The van der Waals surface area contributed by atoms with Crippen LogP contribution in [0.4, 0.5) is 4.39 Å². The number of alkyl halides is 1. The third-order valence-electron chi connectivity index (χ3n) is 4.05. The Balaban J connectivity index is 2.47. The van der Waals surface area contributed by atoms with Crippen LogP contribution in [-0.2, 0) is 0 Å². The van der Waals surface area contributed by atoms with E-state index >= 15 is 0 Å². The standard InChI is InChI=1S/C13H26FN/c1-9(2)12(8-15)13(14)11-6-4-10(3)5-7-11/h9-13H,4-8,15H2,1-3H3. The summed E-state index contributed by atoms with van der Waals surface area (Å²) in [6.45, 7) is 6.92. The molecule has 0 aromatic rings. The first-order valence-electron chi connectivity index (χ1n) is 6.40. The van der Waals surface area contributed by atoms with E-state index in [-0.39, 0.29) is 11.8 Å². The van der Waals surface area contributed by atoms with Gasteiger partial charge in [-0.15, -0.1) is 0 Å². The van der Waals surface area contributed by atoms with Crippen LogP contribution >= 0.6 is 0 Å². The zero-order chi connectivity index (χ0) is 11.4. The van der Waals surface area contributed by atoms with Crippen molar-refractivity contribution in [3.63, 3.8) is 0 Å². The Bertz CT molecular complexity index is 173. The number of hydrogen-bond acceptors (Lipinski definition) is 1. The summed E-state index contributed by atoms with van der Waals surface area (Å²) in [7, 11) is 0. The van der Waals surface area contributed by atoms with Crippen molar-refractivity contribution in [2.45, 2.75) is 52.6 Å². The molecule has 0 saturated heterocycles. The van der Waals surface area contributed by atoms with E-state index in [1.54, 1.807) is 0 Å². The maximum Gasteiger partial charge on any atom is 0.107 e. The lowest BCUT2D eigenvalue weighted by Gasteiger charge is -2.33. The first-order chi connectivity index (χ1) is 7.06. The molecule has 0 bridgehead atoms. The lowest BCUT2D eigenvalue weighted by Crippen LogP contribution is -2.36. The molecule has 15 heavy (non-hydrogen) atoms. The van der Waals surface area contributed by atoms with E-state index in [9.17, 15) is 4.39 Å². The Kier molecular flexibility index (Phi) is 5.04. The second kappa shape index (κ2) is 5.83. The van der Waals surface area contributed by atoms with E-state index in [1.165, 1.54) is 12.8 Å². The molecular formula is C13H26FN. The Morgan fingerprint density at radius 2 is 1.73 bits per heavy atom. The minimum absolute atomic E-state index is 0.0587. The molecule has 0 spiro atoms. The minimum Gasteiger partial charge on any atom is -0.330 e. The molecule has 1 nitrogen and oxygen atoms in total. The van der Waals surface area contributed by atoms with E-state index in [0.717, 1.165) is 18.8 Å². The SMILES string of the molecule is CC1CCC(C(F)C(CN)C(C)C)CC1. The summed E-state index contributed by atoms with van der Waals surface area (Å²) in [5, 5.41) is 0. The molecule has 2 N–H and O–H groups in total. The normalized spacial score (nSPS) is 31.6. The van der Waals surface area contributed by atoms with Crippen molar-refractivity contribution >= 4 is 0 Å². The number of hydrogen-bond donors (Lipinski definition) is 1. The highest BCUT2D eigenvalue weighted by molar-refractivity contribution is 4.82. The van der Waals surface area contributed by atoms with Crippen LogP contribution in [0, 0.1) is 23.7 Å². The molecule has 0 aromatic heterocycles. The fourth-order valence-corrected chi connectivity index (χ4v) is 2.72. The van der Waals surface area contributed by atoms with Crippen LogP contribution in [0.2, 0.25) is 0 Å². The van der Waals surface area contributed by atoms with Crippen LogP contribution in [0.25, 0.3) is 0 Å². The maximum atomic E-state index is 14.3. The third-order valence-corrected chi connectivity index (χ3v) is 4.05. The van der Waals surface area contributed by atoms with E-state index in [0.29, 0.717) is 12.5 Å². The summed E-state index contributed by atoms with van der Waals surface area (Å²) in [6, 6.07) is 0. The van der Waals surface area contributed by atoms with Crippen LogP contribution in [0.15, 0.2) is 0 Å². The van der Waals surface area contributed by atoms with Crippen LogP contribution in [0.1, 0.15) is 46.5 Å². The molecule has 2 heteroatoms. The van der Waals surface area contributed by atoms with Gasteiger partial charge >= 0.3 is 0 Å². The molecule has 90 valence electrons. The van der Waals surface area contributed by atoms with Crippen molar-refractivity contribution in [1.82, 2.24) is 0 Å². The largest absolute Gasteiger partial charge is 0.330 e. The van der Waals surface area contributed by atoms with Gasteiger partial charge in [0.15, 0.2) is 0 Å². The molecule has 0 amide bonds. The fraction of sp³-hybridized carbons (Fsp3) is 1.00. The molecule has 1 aliphatic rings. The number of nitrogens with two attached hydrogens (primary N) is 1. The van der Waals surface area contributed by atoms with E-state index in [1.807, 2.05) is 0 Å². The molecule has 1 fully saturated rings. The van der Waals surface area contributed by atoms with Crippen molar-refractivity contribution in [2.75, 3.05) is 6.54 Å². The third kappa shape index (κ3) is 3.44. The first kappa shape index (κ1) is 13.0. The smallest absolute Gasteiger partial charge is 0.107 e. The highest BCUT2D eigenvalue weighted by atomic mass is 19.1. The van der Waals surface area contributed by atoms with Gasteiger partial charge in [0, 0.05) is 5.92 Å². The average molecular weight is 215 g/mol. The second-order valence-corrected chi connectivity index (χ2v) is 5.61. The molecule has 0 aliphatic heterocycles. The summed E-state index contributed by atoms with van der Waals surface area (Å²) in [5.74, 6) is 1.49. The van der Waals surface area contributed by atoms with Gasteiger partial charge in [-0.25, -0.2) is 4.39 Å². The fourth-order valence-electron chi connectivity index (χ4n) is 2.72. The van der Waals surface area contributed by atoms with E-state index in [2.05, 4.69) is 20.8 Å². The zero-order valence-corrected chi connectivity index (χ0v) is 10.4. The monoisotopic (exact) mass is 215 g/mol. The van der Waals surface area contributed by atoms with Crippen molar-refractivity contribution in [3.8, 4) is 0 Å². The Hall–Kier alpha value is -0.110. The van der Waals surface area contributed by atoms with Crippen LogP contribution in [0.3, 0.4) is 0 Å². The lowest BCUT2D eigenvalue weighted by atomic mass is 9.75. The molecule has 1 rings (SSSR count). The van der Waals surface area contributed by atoms with E-state index < -0.39 is 6.17 Å². The van der Waals surface area contributed by atoms with E-state index in [4.69, 9.17) is 5.73 Å². The van der Waals surface area contributed by atoms with Crippen LogP contribution in [0.5, 0.6) is 0 Å². The zero-order valence-electron chi connectivity index (χ0n) is 10.4. The molecule has 0 radical (unpaired) electrons. The van der Waals surface area contributed by atoms with Gasteiger partial charge < -0.3 is 5.73 Å². The van der Waals surface area contributed by atoms with Gasteiger partial charge in [-0.1, -0.05) is 33.6 Å². The second-order valence-electron chi connectivity index (χ2n) is 5.61. The Labute approximate surface area is 93.6 Å². The first-order valence-corrected chi connectivity index (χ1v) is 6.40. The highest BCUT2D eigenvalue weighted by Crippen LogP contribution is 2.35. The van der Waals surface area contributed by atoms with Crippen molar-refractivity contribution in [3.05, 3.63) is 0 Å². The summed E-state index contributed by atoms with van der Waals surface area (Å²) in [4.78, 5) is 0. The van der Waals surface area contributed by atoms with Crippen molar-refractivity contribution < 1.29 is 4.39 Å². The number of rotatable bonds is 4. The van der Waals surface area contributed by atoms with Gasteiger partial charge in [-0.3, -0.25) is 0 Å². The number of halogens is 1. The van der Waals surface area contributed by atoms with Crippen LogP contribution < -0.4 is 5.73 Å². The molecule has 0 heterocycles. The summed E-state index contributed by atoms with van der Waals surface area (Å²) in [6.07, 6.45) is 3.83. The quantitative estimate of drug-likeness (QED) is 0.764. The Morgan fingerprint density at radius 1 is 1.20 bits per heavy atom. The molecule has 2 unspecified atom stereocenters. The highest BCUT2D eigenvalue weighted by Gasteiger charge is 2.32. The molecule has 1 aliphatic carbocycles. The average Bonchev–Trinajstić information content (AvgIpc) is 2.19. The Morgan fingerprint density at radius 3 is 2.13 bits per heavy atom. The van der Waals surface area contributed by atoms with Gasteiger partial charge in [0.1, 0.15) is 6.17 Å². The lowest BCUT2D eigenvalue weighted by molar-refractivity contribution is 0.0873. The van der Waals surface area contributed by atoms with Crippen molar-refractivity contribution in [1.29, 1.82) is 0 Å². The molecule has 0 aromatic carbocycles. The molecule has 2 atom stereocenters. The van der Waals surface area contributed by atoms with Crippen molar-refractivity contribution in [2.24, 2.45) is 29.4 Å². The molecule has 1 saturated carbocycles. The minimum atomic E-state index is -0.678. The van der Waals surface area contributed by atoms with Gasteiger partial charge in [0.2, 0.25) is 0 Å². The van der Waals surface area contributed by atoms with Gasteiger partial charge in [-0.05, 0) is 37.1 Å². The summed E-state index contributed by atoms with van der Waals surface area (Å²) < 4.78 is 14.3. The summed E-state index contributed by atoms with van der Waals surface area (Å²) in [5.41, 5.74) is 5.67. The van der Waals surface area contributed by atoms with Gasteiger partial charge in [0.05, 0.1) is 0 Å². The van der Waals surface area contributed by atoms with Gasteiger partial charge in [-0.2, -0.15) is 0 Å².